The van der Waals surface area contributed by atoms with Crippen molar-refractivity contribution in [1.29, 1.82) is 0 Å². The van der Waals surface area contributed by atoms with Crippen molar-refractivity contribution < 1.29 is 14.4 Å². The van der Waals surface area contributed by atoms with Crippen LogP contribution in [-0.2, 0) is 22.6 Å². The van der Waals surface area contributed by atoms with Gasteiger partial charge in [0.15, 0.2) is 0 Å². The van der Waals surface area contributed by atoms with Crippen LogP contribution in [0.15, 0.2) is 23.2 Å². The summed E-state index contributed by atoms with van der Waals surface area (Å²) in [5, 5.41) is 3.89. The number of fused-ring (bicyclic) bond motifs is 3. The van der Waals surface area contributed by atoms with E-state index in [1.807, 2.05) is 18.2 Å². The van der Waals surface area contributed by atoms with Gasteiger partial charge in [0.25, 0.3) is 5.91 Å². The highest BCUT2D eigenvalue weighted by atomic mass is 35.5. The molecule has 128 valence electrons. The molecule has 0 fully saturated rings. The van der Waals surface area contributed by atoms with Crippen LogP contribution in [-0.4, -0.2) is 40.0 Å². The number of imide groups is 1. The van der Waals surface area contributed by atoms with Gasteiger partial charge in [-0.3, -0.25) is 14.9 Å². The fourth-order valence-corrected chi connectivity index (χ4v) is 3.53. The van der Waals surface area contributed by atoms with Crippen molar-refractivity contribution in [2.45, 2.75) is 25.8 Å². The van der Waals surface area contributed by atoms with Gasteiger partial charge in [-0.1, -0.05) is 17.7 Å². The molecule has 0 atom stereocenters. The Labute approximate surface area is 148 Å². The minimum Gasteiger partial charge on any atom is -0.357 e. The first kappa shape index (κ1) is 15.8. The Morgan fingerprint density at radius 3 is 2.92 bits per heavy atom. The van der Waals surface area contributed by atoms with Crippen LogP contribution >= 0.6 is 11.6 Å². The van der Waals surface area contributed by atoms with E-state index >= 15 is 0 Å². The molecule has 0 spiro atoms. The molecule has 1 aromatic carbocycles. The van der Waals surface area contributed by atoms with E-state index in [0.29, 0.717) is 18.1 Å². The Kier molecular flexibility index (Phi) is 3.80. The highest BCUT2D eigenvalue weighted by molar-refractivity contribution is 6.46. The molecule has 4 rings (SSSR count). The maximum absolute atomic E-state index is 12.4. The molecule has 7 nitrogen and oxygen atoms in total. The summed E-state index contributed by atoms with van der Waals surface area (Å²) in [4.78, 5) is 43.6. The molecule has 2 aromatic rings. The van der Waals surface area contributed by atoms with Crippen molar-refractivity contribution in [3.8, 4) is 0 Å². The molecule has 0 unspecified atom stereocenters. The normalized spacial score (nSPS) is 16.8. The van der Waals surface area contributed by atoms with Gasteiger partial charge < -0.3 is 9.88 Å². The smallest absolute Gasteiger partial charge is 0.348 e. The van der Waals surface area contributed by atoms with Crippen molar-refractivity contribution in [3.05, 3.63) is 34.5 Å². The molecule has 0 saturated carbocycles. The van der Waals surface area contributed by atoms with Gasteiger partial charge >= 0.3 is 6.03 Å². The van der Waals surface area contributed by atoms with Gasteiger partial charge in [-0.25, -0.2) is 4.79 Å². The van der Waals surface area contributed by atoms with E-state index in [0.717, 1.165) is 23.0 Å². The monoisotopic (exact) mass is 358 g/mol. The molecule has 3 heterocycles. The summed E-state index contributed by atoms with van der Waals surface area (Å²) in [7, 11) is 0. The van der Waals surface area contributed by atoms with Crippen LogP contribution in [0.3, 0.4) is 0 Å². The Morgan fingerprint density at radius 2 is 2.16 bits per heavy atom. The first-order chi connectivity index (χ1) is 12.0. The first-order valence-electron chi connectivity index (χ1n) is 8.01. The summed E-state index contributed by atoms with van der Waals surface area (Å²) in [6.45, 7) is 1.12. The summed E-state index contributed by atoms with van der Waals surface area (Å²) >= 11 is 6.03. The number of nitrogens with one attached hydrogen (secondary N) is 2. The van der Waals surface area contributed by atoms with Crippen LogP contribution in [0.5, 0.6) is 0 Å². The summed E-state index contributed by atoms with van der Waals surface area (Å²) in [6, 6.07) is 5.09. The zero-order valence-corrected chi connectivity index (χ0v) is 14.0. The third kappa shape index (κ3) is 2.91. The lowest BCUT2D eigenvalue weighted by Gasteiger charge is -2.27. The topological polar surface area (TPSA) is 94.6 Å². The van der Waals surface area contributed by atoms with Crippen LogP contribution in [0.1, 0.15) is 24.1 Å². The lowest BCUT2D eigenvalue weighted by Crippen LogP contribution is -2.36. The van der Waals surface area contributed by atoms with Crippen molar-refractivity contribution >= 4 is 46.1 Å². The number of aliphatic imine (C=N–C) groups is 1. The van der Waals surface area contributed by atoms with Crippen LogP contribution in [0.2, 0.25) is 5.02 Å². The average Bonchev–Trinajstić information content (AvgIpc) is 3.10. The predicted molar refractivity (Wildman–Crippen MR) is 92.6 cm³/mol. The van der Waals surface area contributed by atoms with Gasteiger partial charge in [0, 0.05) is 41.0 Å². The van der Waals surface area contributed by atoms with Crippen molar-refractivity contribution in [3.63, 3.8) is 0 Å². The zero-order chi connectivity index (χ0) is 17.6. The summed E-state index contributed by atoms with van der Waals surface area (Å²) < 4.78 is 0. The number of carbonyl (C=O) groups is 3. The van der Waals surface area contributed by atoms with Crippen molar-refractivity contribution in [2.24, 2.45) is 4.99 Å². The molecule has 2 aliphatic rings. The SMILES string of the molecule is O=C1N=C(CCC(=O)N2CCc3c([nH]c4cc(Cl)ccc34)C2)C(=O)N1. The van der Waals surface area contributed by atoms with Gasteiger partial charge in [0.2, 0.25) is 5.91 Å². The molecule has 0 saturated heterocycles. The number of aromatic amines is 1. The standard InChI is InChI=1S/C17H15ClN4O3/c18-9-1-2-10-11-5-6-22(8-14(11)19-13(10)7-9)15(23)4-3-12-16(24)21-17(25)20-12/h1-2,7,19H,3-6,8H2,(H,21,24,25). The van der Waals surface area contributed by atoms with Crippen LogP contribution < -0.4 is 5.32 Å². The number of benzene rings is 1. The Morgan fingerprint density at radius 1 is 1.32 bits per heavy atom. The van der Waals surface area contributed by atoms with E-state index in [1.165, 1.54) is 5.56 Å². The second-order valence-electron chi connectivity index (χ2n) is 6.16. The molecule has 0 radical (unpaired) electrons. The summed E-state index contributed by atoms with van der Waals surface area (Å²) in [5.41, 5.74) is 3.34. The molecular weight excluding hydrogens is 344 g/mol. The molecule has 8 heteroatoms. The second-order valence-corrected chi connectivity index (χ2v) is 6.59. The number of hydrogen-bond donors (Lipinski definition) is 2. The molecule has 25 heavy (non-hydrogen) atoms. The number of hydrogen-bond acceptors (Lipinski definition) is 3. The fraction of sp³-hybridized carbons (Fsp3) is 0.294. The molecule has 2 aliphatic heterocycles. The largest absolute Gasteiger partial charge is 0.357 e. The number of H-pyrrole nitrogens is 1. The molecule has 4 amide bonds. The van der Waals surface area contributed by atoms with Crippen LogP contribution in [0, 0.1) is 0 Å². The number of halogens is 1. The van der Waals surface area contributed by atoms with Crippen molar-refractivity contribution in [1.82, 2.24) is 15.2 Å². The average molecular weight is 359 g/mol. The Balaban J connectivity index is 1.46. The summed E-state index contributed by atoms with van der Waals surface area (Å²) in [5.74, 6) is -0.566. The van der Waals surface area contributed by atoms with Gasteiger partial charge in [-0.05, 0) is 24.1 Å². The third-order valence-electron chi connectivity index (χ3n) is 4.58. The van der Waals surface area contributed by atoms with Gasteiger partial charge in [0.05, 0.1) is 6.54 Å². The predicted octanol–water partition coefficient (Wildman–Crippen LogP) is 2.18. The Hall–Kier alpha value is -2.67. The van der Waals surface area contributed by atoms with Crippen LogP contribution in [0.25, 0.3) is 10.9 Å². The van der Waals surface area contributed by atoms with E-state index in [1.54, 1.807) is 4.90 Å². The van der Waals surface area contributed by atoms with Gasteiger partial charge in [-0.15, -0.1) is 0 Å². The second kappa shape index (κ2) is 6.00. The number of aromatic nitrogens is 1. The third-order valence-corrected chi connectivity index (χ3v) is 4.82. The molecule has 1 aromatic heterocycles. The number of carbonyl (C=O) groups excluding carboxylic acids is 3. The van der Waals surface area contributed by atoms with Gasteiger partial charge in [-0.2, -0.15) is 4.99 Å². The number of rotatable bonds is 3. The number of urea groups is 1. The minimum atomic E-state index is -0.660. The maximum Gasteiger partial charge on any atom is 0.348 e. The van der Waals surface area contributed by atoms with E-state index < -0.39 is 11.9 Å². The number of nitrogens with zero attached hydrogens (tertiary/aromatic N) is 2. The van der Waals surface area contributed by atoms with Crippen molar-refractivity contribution in [2.75, 3.05) is 6.54 Å². The highest BCUT2D eigenvalue weighted by Crippen LogP contribution is 2.29. The van der Waals surface area contributed by atoms with E-state index in [4.69, 9.17) is 11.6 Å². The van der Waals surface area contributed by atoms with Crippen LogP contribution in [0.4, 0.5) is 4.79 Å². The lowest BCUT2D eigenvalue weighted by molar-refractivity contribution is -0.132. The highest BCUT2D eigenvalue weighted by Gasteiger charge is 2.27. The van der Waals surface area contributed by atoms with E-state index in [-0.39, 0.29) is 24.5 Å². The quantitative estimate of drug-likeness (QED) is 0.880. The first-order valence-corrected chi connectivity index (χ1v) is 8.38. The zero-order valence-electron chi connectivity index (χ0n) is 13.3. The molecule has 2 N–H and O–H groups in total. The van der Waals surface area contributed by atoms with E-state index in [9.17, 15) is 14.4 Å². The van der Waals surface area contributed by atoms with E-state index in [2.05, 4.69) is 15.3 Å². The fourth-order valence-electron chi connectivity index (χ4n) is 3.36. The summed E-state index contributed by atoms with van der Waals surface area (Å²) in [6.07, 6.45) is 1.09. The van der Waals surface area contributed by atoms with Gasteiger partial charge in [0.1, 0.15) is 5.71 Å². The minimum absolute atomic E-state index is 0.0582. The number of amides is 4. The lowest BCUT2D eigenvalue weighted by atomic mass is 10.0. The molecule has 0 aliphatic carbocycles. The molecular formula is C17H15ClN4O3. The maximum atomic E-state index is 12.4. The molecule has 0 bridgehead atoms. The Bertz CT molecular complexity index is 947.